The van der Waals surface area contributed by atoms with Crippen molar-refractivity contribution in [3.63, 3.8) is 0 Å². The van der Waals surface area contributed by atoms with Crippen LogP contribution >= 0.6 is 11.5 Å². The van der Waals surface area contributed by atoms with Gasteiger partial charge in [-0.15, -0.1) is 0 Å². The lowest BCUT2D eigenvalue weighted by atomic mass is 10.4. The molecule has 0 saturated heterocycles. The molecular formula is C8H15N3OS. The highest BCUT2D eigenvalue weighted by Gasteiger charge is 2.01. The SMILES string of the molecule is CCNc1nc(CCOCC)ns1. The summed E-state index contributed by atoms with van der Waals surface area (Å²) in [7, 11) is 0. The van der Waals surface area contributed by atoms with Gasteiger partial charge in [0.2, 0.25) is 5.13 Å². The van der Waals surface area contributed by atoms with Gasteiger partial charge >= 0.3 is 0 Å². The van der Waals surface area contributed by atoms with Crippen LogP contribution in [0.15, 0.2) is 0 Å². The predicted molar refractivity (Wildman–Crippen MR) is 54.3 cm³/mol. The van der Waals surface area contributed by atoms with E-state index in [4.69, 9.17) is 4.74 Å². The molecule has 1 rings (SSSR count). The topological polar surface area (TPSA) is 47.0 Å². The first kappa shape index (κ1) is 10.4. The number of rotatable bonds is 6. The van der Waals surface area contributed by atoms with Crippen LogP contribution < -0.4 is 5.32 Å². The molecule has 0 aliphatic heterocycles. The number of anilines is 1. The summed E-state index contributed by atoms with van der Waals surface area (Å²) in [6.45, 7) is 6.38. The first-order valence-electron chi connectivity index (χ1n) is 4.51. The Morgan fingerprint density at radius 3 is 3.00 bits per heavy atom. The maximum absolute atomic E-state index is 5.21. The van der Waals surface area contributed by atoms with Crippen LogP contribution in [0.5, 0.6) is 0 Å². The highest BCUT2D eigenvalue weighted by molar-refractivity contribution is 7.09. The van der Waals surface area contributed by atoms with Crippen LogP contribution in [0.3, 0.4) is 0 Å². The van der Waals surface area contributed by atoms with E-state index in [9.17, 15) is 0 Å². The Morgan fingerprint density at radius 1 is 1.46 bits per heavy atom. The largest absolute Gasteiger partial charge is 0.381 e. The molecule has 74 valence electrons. The molecule has 0 aromatic carbocycles. The Hall–Kier alpha value is -0.680. The molecule has 0 bridgehead atoms. The minimum Gasteiger partial charge on any atom is -0.381 e. The molecule has 13 heavy (non-hydrogen) atoms. The second-order valence-electron chi connectivity index (χ2n) is 2.49. The van der Waals surface area contributed by atoms with Crippen LogP contribution in [-0.2, 0) is 11.2 Å². The van der Waals surface area contributed by atoms with Gasteiger partial charge in [0.1, 0.15) is 5.82 Å². The molecule has 1 N–H and O–H groups in total. The molecule has 0 radical (unpaired) electrons. The maximum Gasteiger partial charge on any atom is 0.202 e. The summed E-state index contributed by atoms with van der Waals surface area (Å²) in [5.41, 5.74) is 0. The van der Waals surface area contributed by atoms with E-state index in [2.05, 4.69) is 14.7 Å². The van der Waals surface area contributed by atoms with E-state index in [0.29, 0.717) is 6.61 Å². The quantitative estimate of drug-likeness (QED) is 0.709. The van der Waals surface area contributed by atoms with Crippen molar-refractivity contribution in [3.05, 3.63) is 5.82 Å². The summed E-state index contributed by atoms with van der Waals surface area (Å²) >= 11 is 1.40. The molecule has 0 unspecified atom stereocenters. The van der Waals surface area contributed by atoms with Gasteiger partial charge in [0.15, 0.2) is 0 Å². The first-order valence-corrected chi connectivity index (χ1v) is 5.28. The molecule has 4 nitrogen and oxygen atoms in total. The van der Waals surface area contributed by atoms with E-state index in [1.807, 2.05) is 13.8 Å². The Balaban J connectivity index is 2.31. The molecule has 5 heteroatoms. The van der Waals surface area contributed by atoms with E-state index in [1.165, 1.54) is 11.5 Å². The Bertz CT molecular complexity index is 239. The Kier molecular flexibility index (Phi) is 4.70. The van der Waals surface area contributed by atoms with Crippen molar-refractivity contribution >= 4 is 16.7 Å². The molecule has 0 aliphatic carbocycles. The highest BCUT2D eigenvalue weighted by Crippen LogP contribution is 2.10. The molecule has 0 atom stereocenters. The van der Waals surface area contributed by atoms with Gasteiger partial charge < -0.3 is 10.1 Å². The average molecular weight is 201 g/mol. The predicted octanol–water partition coefficient (Wildman–Crippen LogP) is 1.55. The molecule has 0 saturated carbocycles. The Morgan fingerprint density at radius 2 is 2.31 bits per heavy atom. The van der Waals surface area contributed by atoms with Crippen molar-refractivity contribution in [2.24, 2.45) is 0 Å². The van der Waals surface area contributed by atoms with Gasteiger partial charge in [-0.1, -0.05) is 0 Å². The zero-order chi connectivity index (χ0) is 9.52. The lowest BCUT2D eigenvalue weighted by Crippen LogP contribution is -2.00. The molecule has 0 spiro atoms. The smallest absolute Gasteiger partial charge is 0.202 e. The number of nitrogens with one attached hydrogen (secondary N) is 1. The summed E-state index contributed by atoms with van der Waals surface area (Å²) in [4.78, 5) is 4.29. The highest BCUT2D eigenvalue weighted by atomic mass is 32.1. The van der Waals surface area contributed by atoms with Gasteiger partial charge in [-0.25, -0.2) is 4.98 Å². The summed E-state index contributed by atoms with van der Waals surface area (Å²) < 4.78 is 9.41. The summed E-state index contributed by atoms with van der Waals surface area (Å²) in [5, 5.41) is 4.02. The van der Waals surface area contributed by atoms with Crippen molar-refractivity contribution in [2.75, 3.05) is 25.1 Å². The van der Waals surface area contributed by atoms with Crippen LogP contribution in [0.4, 0.5) is 5.13 Å². The first-order chi connectivity index (χ1) is 6.36. The molecule has 0 aliphatic rings. The molecular weight excluding hydrogens is 186 g/mol. The lowest BCUT2D eigenvalue weighted by Gasteiger charge is -1.96. The van der Waals surface area contributed by atoms with E-state index in [-0.39, 0.29) is 0 Å². The second-order valence-corrected chi connectivity index (χ2v) is 3.24. The zero-order valence-electron chi connectivity index (χ0n) is 8.04. The fourth-order valence-electron chi connectivity index (χ4n) is 0.886. The van der Waals surface area contributed by atoms with Crippen LogP contribution in [0.2, 0.25) is 0 Å². The van der Waals surface area contributed by atoms with Crippen molar-refractivity contribution in [3.8, 4) is 0 Å². The Labute approximate surface area is 82.5 Å². The molecule has 0 amide bonds. The van der Waals surface area contributed by atoms with Crippen molar-refractivity contribution < 1.29 is 4.74 Å². The van der Waals surface area contributed by atoms with Crippen LogP contribution in [0.25, 0.3) is 0 Å². The third-order valence-electron chi connectivity index (χ3n) is 1.47. The normalized spacial score (nSPS) is 10.3. The van der Waals surface area contributed by atoms with Crippen LogP contribution in [-0.4, -0.2) is 29.1 Å². The van der Waals surface area contributed by atoms with Crippen molar-refractivity contribution in [2.45, 2.75) is 20.3 Å². The van der Waals surface area contributed by atoms with Crippen molar-refractivity contribution in [1.82, 2.24) is 9.36 Å². The monoisotopic (exact) mass is 201 g/mol. The van der Waals surface area contributed by atoms with Crippen LogP contribution in [0, 0.1) is 0 Å². The molecule has 1 aromatic heterocycles. The minimum atomic E-state index is 0.707. The summed E-state index contributed by atoms with van der Waals surface area (Å²) in [6.07, 6.45) is 0.801. The number of nitrogens with zero attached hydrogens (tertiary/aromatic N) is 2. The fourth-order valence-corrected chi connectivity index (χ4v) is 1.57. The molecule has 1 heterocycles. The number of hydrogen-bond donors (Lipinski definition) is 1. The maximum atomic E-state index is 5.21. The molecule has 1 aromatic rings. The van der Waals surface area contributed by atoms with E-state index in [0.717, 1.165) is 30.5 Å². The summed E-state index contributed by atoms with van der Waals surface area (Å²) in [5.74, 6) is 0.870. The van der Waals surface area contributed by atoms with E-state index < -0.39 is 0 Å². The van der Waals surface area contributed by atoms with Gasteiger partial charge in [-0.05, 0) is 13.8 Å². The van der Waals surface area contributed by atoms with Gasteiger partial charge in [0.25, 0.3) is 0 Å². The van der Waals surface area contributed by atoms with Crippen LogP contribution in [0.1, 0.15) is 19.7 Å². The van der Waals surface area contributed by atoms with Gasteiger partial charge in [0.05, 0.1) is 6.61 Å². The van der Waals surface area contributed by atoms with E-state index in [1.54, 1.807) is 0 Å². The second kappa shape index (κ2) is 5.88. The minimum absolute atomic E-state index is 0.707. The number of ether oxygens (including phenoxy) is 1. The number of aromatic nitrogens is 2. The zero-order valence-corrected chi connectivity index (χ0v) is 8.86. The molecule has 0 fully saturated rings. The lowest BCUT2D eigenvalue weighted by molar-refractivity contribution is 0.150. The van der Waals surface area contributed by atoms with Gasteiger partial charge in [-0.3, -0.25) is 0 Å². The number of hydrogen-bond acceptors (Lipinski definition) is 5. The third kappa shape index (κ3) is 3.69. The summed E-state index contributed by atoms with van der Waals surface area (Å²) in [6, 6.07) is 0. The average Bonchev–Trinajstić information content (AvgIpc) is 2.54. The van der Waals surface area contributed by atoms with Gasteiger partial charge in [-0.2, -0.15) is 4.37 Å². The van der Waals surface area contributed by atoms with Crippen molar-refractivity contribution in [1.29, 1.82) is 0 Å². The van der Waals surface area contributed by atoms with E-state index >= 15 is 0 Å². The third-order valence-corrected chi connectivity index (χ3v) is 2.18. The van der Waals surface area contributed by atoms with Gasteiger partial charge in [0, 0.05) is 31.1 Å². The fraction of sp³-hybridized carbons (Fsp3) is 0.750. The standard InChI is InChI=1S/C8H15N3OS/c1-3-9-8-10-7(11-13-8)5-6-12-4-2/h3-6H2,1-2H3,(H,9,10,11).